The molecule has 0 atom stereocenters. The Kier molecular flexibility index (Phi) is 6.90. The molecule has 2 aromatic rings. The van der Waals surface area contributed by atoms with Gasteiger partial charge in [0.1, 0.15) is 5.82 Å². The number of likely N-dealkylation sites (tertiary alicyclic amines) is 1. The van der Waals surface area contributed by atoms with Crippen LogP contribution >= 0.6 is 11.6 Å². The van der Waals surface area contributed by atoms with E-state index in [9.17, 15) is 0 Å². The Morgan fingerprint density at radius 1 is 0.966 bits per heavy atom. The molecule has 2 aliphatic heterocycles. The summed E-state index contributed by atoms with van der Waals surface area (Å²) in [6.45, 7) is 7.62. The van der Waals surface area contributed by atoms with Gasteiger partial charge in [0.05, 0.1) is 7.11 Å². The lowest BCUT2D eigenvalue weighted by atomic mass is 10.0. The minimum Gasteiger partial charge on any atom is -0.481 e. The summed E-state index contributed by atoms with van der Waals surface area (Å²) in [5, 5.41) is 0.883. The summed E-state index contributed by atoms with van der Waals surface area (Å²) in [7, 11) is 1.67. The number of anilines is 1. The highest BCUT2D eigenvalue weighted by atomic mass is 35.5. The maximum absolute atomic E-state index is 6.34. The fourth-order valence-electron chi connectivity index (χ4n) is 4.54. The zero-order valence-corrected chi connectivity index (χ0v) is 18.0. The largest absolute Gasteiger partial charge is 0.481 e. The number of ether oxygens (including phenoxy) is 1. The summed E-state index contributed by atoms with van der Waals surface area (Å²) in [6, 6.07) is 14.9. The van der Waals surface area contributed by atoms with Crippen LogP contribution in [0.3, 0.4) is 0 Å². The Morgan fingerprint density at radius 2 is 1.79 bits per heavy atom. The maximum atomic E-state index is 6.34. The summed E-state index contributed by atoms with van der Waals surface area (Å²) >= 11 is 6.34. The second-order valence-electron chi connectivity index (χ2n) is 8.01. The number of hydrogen-bond donors (Lipinski definition) is 0. The second kappa shape index (κ2) is 9.79. The van der Waals surface area contributed by atoms with E-state index in [-0.39, 0.29) is 0 Å². The third-order valence-corrected chi connectivity index (χ3v) is 6.57. The Balaban J connectivity index is 1.29. The van der Waals surface area contributed by atoms with Crippen molar-refractivity contribution in [2.24, 2.45) is 0 Å². The van der Waals surface area contributed by atoms with Crippen molar-refractivity contribution in [1.82, 2.24) is 14.8 Å². The standard InChI is InChI=1S/C23H31ClN4O/c1-29-23-9-4-8-22(25-23)28-13-5-12-27(16-17-28)20-10-14-26(15-11-20)18-19-6-2-3-7-21(19)24/h2-4,6-9,20H,5,10-18H2,1H3. The van der Waals surface area contributed by atoms with E-state index in [0.717, 1.165) is 50.1 Å². The number of piperidine rings is 1. The molecule has 0 spiro atoms. The van der Waals surface area contributed by atoms with Crippen LogP contribution in [0.25, 0.3) is 0 Å². The third kappa shape index (κ3) is 5.21. The van der Waals surface area contributed by atoms with Gasteiger partial charge in [-0.1, -0.05) is 35.9 Å². The van der Waals surface area contributed by atoms with E-state index >= 15 is 0 Å². The lowest BCUT2D eigenvalue weighted by Gasteiger charge is -2.38. The lowest BCUT2D eigenvalue weighted by Crippen LogP contribution is -2.46. The van der Waals surface area contributed by atoms with Crippen LogP contribution in [0.15, 0.2) is 42.5 Å². The van der Waals surface area contributed by atoms with Crippen LogP contribution in [-0.4, -0.2) is 67.2 Å². The SMILES string of the molecule is COc1cccc(N2CCCN(C3CCN(Cc4ccccc4Cl)CC3)CC2)n1. The molecule has 0 aliphatic carbocycles. The van der Waals surface area contributed by atoms with Gasteiger partial charge in [0.2, 0.25) is 5.88 Å². The molecule has 0 radical (unpaired) electrons. The molecule has 2 saturated heterocycles. The highest BCUT2D eigenvalue weighted by Crippen LogP contribution is 2.24. The highest BCUT2D eigenvalue weighted by Gasteiger charge is 2.26. The molecule has 0 unspecified atom stereocenters. The Hall–Kier alpha value is -1.82. The third-order valence-electron chi connectivity index (χ3n) is 6.20. The smallest absolute Gasteiger partial charge is 0.214 e. The summed E-state index contributed by atoms with van der Waals surface area (Å²) in [4.78, 5) is 12.3. The number of pyridine rings is 1. The van der Waals surface area contributed by atoms with E-state index in [1.807, 2.05) is 24.3 Å². The van der Waals surface area contributed by atoms with E-state index in [0.29, 0.717) is 11.9 Å². The van der Waals surface area contributed by atoms with Gasteiger partial charge in [-0.3, -0.25) is 9.80 Å². The predicted molar refractivity (Wildman–Crippen MR) is 119 cm³/mol. The molecular formula is C23H31ClN4O. The number of benzene rings is 1. The molecule has 0 bridgehead atoms. The van der Waals surface area contributed by atoms with Gasteiger partial charge in [-0.25, -0.2) is 0 Å². The van der Waals surface area contributed by atoms with Crippen molar-refractivity contribution in [3.63, 3.8) is 0 Å². The van der Waals surface area contributed by atoms with Crippen molar-refractivity contribution < 1.29 is 4.74 Å². The number of rotatable bonds is 5. The number of methoxy groups -OCH3 is 1. The Labute approximate surface area is 179 Å². The molecule has 5 nitrogen and oxygen atoms in total. The second-order valence-corrected chi connectivity index (χ2v) is 8.42. The lowest BCUT2D eigenvalue weighted by molar-refractivity contribution is 0.110. The topological polar surface area (TPSA) is 31.8 Å². The predicted octanol–water partition coefficient (Wildman–Crippen LogP) is 3.92. The molecular weight excluding hydrogens is 384 g/mol. The molecule has 3 heterocycles. The van der Waals surface area contributed by atoms with E-state index in [1.54, 1.807) is 7.11 Å². The van der Waals surface area contributed by atoms with Crippen LogP contribution in [0, 0.1) is 0 Å². The molecule has 0 N–H and O–H groups in total. The van der Waals surface area contributed by atoms with Gasteiger partial charge in [-0.2, -0.15) is 4.98 Å². The summed E-state index contributed by atoms with van der Waals surface area (Å²) in [6.07, 6.45) is 3.66. The fraction of sp³-hybridized carbons (Fsp3) is 0.522. The van der Waals surface area contributed by atoms with Gasteiger partial charge in [0.15, 0.2) is 0 Å². The van der Waals surface area contributed by atoms with Crippen LogP contribution in [0.1, 0.15) is 24.8 Å². The first-order valence-electron chi connectivity index (χ1n) is 10.7. The molecule has 4 rings (SSSR count). The summed E-state index contributed by atoms with van der Waals surface area (Å²) in [5.74, 6) is 1.72. The van der Waals surface area contributed by atoms with E-state index in [2.05, 4.69) is 37.9 Å². The minimum atomic E-state index is 0.689. The van der Waals surface area contributed by atoms with Crippen molar-refractivity contribution in [3.8, 4) is 5.88 Å². The van der Waals surface area contributed by atoms with Gasteiger partial charge in [0.25, 0.3) is 0 Å². The van der Waals surface area contributed by atoms with E-state index in [1.165, 1.54) is 31.4 Å². The molecule has 2 aliphatic rings. The Morgan fingerprint density at radius 3 is 2.59 bits per heavy atom. The van der Waals surface area contributed by atoms with Gasteiger partial charge in [-0.15, -0.1) is 0 Å². The zero-order valence-electron chi connectivity index (χ0n) is 17.3. The van der Waals surface area contributed by atoms with Crippen molar-refractivity contribution >= 4 is 17.4 Å². The monoisotopic (exact) mass is 414 g/mol. The van der Waals surface area contributed by atoms with Gasteiger partial charge < -0.3 is 9.64 Å². The summed E-state index contributed by atoms with van der Waals surface area (Å²) in [5.41, 5.74) is 1.24. The van der Waals surface area contributed by atoms with Crippen molar-refractivity contribution in [1.29, 1.82) is 0 Å². The minimum absolute atomic E-state index is 0.689. The first kappa shape index (κ1) is 20.5. The van der Waals surface area contributed by atoms with Crippen LogP contribution in [0.5, 0.6) is 5.88 Å². The highest BCUT2D eigenvalue weighted by molar-refractivity contribution is 6.31. The van der Waals surface area contributed by atoms with Crippen LogP contribution in [0.4, 0.5) is 5.82 Å². The van der Waals surface area contributed by atoms with E-state index < -0.39 is 0 Å². The van der Waals surface area contributed by atoms with Crippen molar-refractivity contribution in [3.05, 3.63) is 53.1 Å². The molecule has 156 valence electrons. The molecule has 0 amide bonds. The number of nitrogens with zero attached hydrogens (tertiary/aromatic N) is 4. The average Bonchev–Trinajstić information content (AvgIpc) is 3.02. The van der Waals surface area contributed by atoms with Crippen LogP contribution in [-0.2, 0) is 6.54 Å². The Bertz CT molecular complexity index is 794. The van der Waals surface area contributed by atoms with Crippen molar-refractivity contribution in [2.75, 3.05) is 51.3 Å². The molecule has 1 aromatic carbocycles. The quantitative estimate of drug-likeness (QED) is 0.740. The normalized spacial score (nSPS) is 19.9. The molecule has 0 saturated carbocycles. The summed E-state index contributed by atoms with van der Waals surface area (Å²) < 4.78 is 5.29. The van der Waals surface area contributed by atoms with Gasteiger partial charge >= 0.3 is 0 Å². The molecule has 6 heteroatoms. The first-order chi connectivity index (χ1) is 14.2. The van der Waals surface area contributed by atoms with Gasteiger partial charge in [-0.05, 0) is 50.0 Å². The number of aromatic nitrogens is 1. The molecule has 2 fully saturated rings. The molecule has 1 aromatic heterocycles. The average molecular weight is 415 g/mol. The number of hydrogen-bond acceptors (Lipinski definition) is 5. The number of halogens is 1. The van der Waals surface area contributed by atoms with Crippen molar-refractivity contribution in [2.45, 2.75) is 31.8 Å². The maximum Gasteiger partial charge on any atom is 0.214 e. The first-order valence-corrected chi connectivity index (χ1v) is 11.1. The van der Waals surface area contributed by atoms with Crippen LogP contribution < -0.4 is 9.64 Å². The fourth-order valence-corrected chi connectivity index (χ4v) is 4.73. The van der Waals surface area contributed by atoms with Gasteiger partial charge in [0, 0.05) is 49.9 Å². The van der Waals surface area contributed by atoms with E-state index in [4.69, 9.17) is 16.3 Å². The zero-order chi connectivity index (χ0) is 20.1. The van der Waals surface area contributed by atoms with Crippen LogP contribution in [0.2, 0.25) is 5.02 Å². The molecule has 29 heavy (non-hydrogen) atoms.